The third kappa shape index (κ3) is 5.84. The van der Waals surface area contributed by atoms with Gasteiger partial charge in [0.15, 0.2) is 0 Å². The van der Waals surface area contributed by atoms with Gasteiger partial charge in [-0.05, 0) is 42.9 Å². The summed E-state index contributed by atoms with van der Waals surface area (Å²) in [5.74, 6) is -1.69. The molecule has 0 heterocycles. The molecule has 0 aliphatic carbocycles. The Morgan fingerprint density at radius 3 is 2.17 bits per heavy atom. The minimum Gasteiger partial charge on any atom is -0.384 e. The Bertz CT molecular complexity index is 539. The van der Waals surface area contributed by atoms with Crippen LogP contribution in [0.1, 0.15) is 30.9 Å². The normalized spacial score (nSPS) is 15.6. The van der Waals surface area contributed by atoms with Gasteiger partial charge in [-0.3, -0.25) is 0 Å². The van der Waals surface area contributed by atoms with E-state index in [1.807, 2.05) is 0 Å². The molecule has 0 amide bonds. The lowest BCUT2D eigenvalue weighted by molar-refractivity contribution is -0.208. The Morgan fingerprint density at radius 1 is 1.13 bits per heavy atom. The average molecular weight is 367 g/mol. The molecule has 0 fully saturated rings. The van der Waals surface area contributed by atoms with E-state index in [9.17, 15) is 30.7 Å². The molecule has 0 spiro atoms. The molecule has 0 bridgehead atoms. The molecule has 0 radical (unpaired) electrons. The van der Waals surface area contributed by atoms with Gasteiger partial charge in [0.05, 0.1) is 10.6 Å². The summed E-state index contributed by atoms with van der Waals surface area (Å²) in [4.78, 5) is 0. The second-order valence-corrected chi connectivity index (χ2v) is 5.77. The summed E-state index contributed by atoms with van der Waals surface area (Å²) < 4.78 is 88.3. The third-order valence-electron chi connectivity index (χ3n) is 3.34. The molecule has 0 aliphatic heterocycles. The lowest BCUT2D eigenvalue weighted by Crippen LogP contribution is -2.30. The molecular formula is C14H14ClF7O. The van der Waals surface area contributed by atoms with Gasteiger partial charge in [-0.1, -0.05) is 18.5 Å². The van der Waals surface area contributed by atoms with E-state index in [-0.39, 0.29) is 18.4 Å². The molecule has 132 valence electrons. The minimum absolute atomic E-state index is 0.0261. The van der Waals surface area contributed by atoms with Crippen LogP contribution in [-0.2, 0) is 12.6 Å². The third-order valence-corrected chi connectivity index (χ3v) is 3.62. The van der Waals surface area contributed by atoms with Crippen molar-refractivity contribution in [3.05, 3.63) is 34.1 Å². The van der Waals surface area contributed by atoms with Gasteiger partial charge in [-0.15, -0.1) is 0 Å². The van der Waals surface area contributed by atoms with E-state index in [1.54, 1.807) is 0 Å². The largest absolute Gasteiger partial charge is 0.416 e. The smallest absolute Gasteiger partial charge is 0.384 e. The molecule has 0 saturated carbocycles. The number of aliphatic hydroxyl groups excluding tert-OH is 1. The molecule has 0 aromatic heterocycles. The zero-order chi connectivity index (χ0) is 18.0. The predicted octanol–water partition coefficient (Wildman–Crippen LogP) is 5.38. The number of aliphatic hydroxyl groups is 1. The molecule has 2 unspecified atom stereocenters. The molecule has 23 heavy (non-hydrogen) atoms. The Labute approximate surface area is 133 Å². The zero-order valence-corrected chi connectivity index (χ0v) is 12.7. The molecule has 1 N–H and O–H groups in total. The van der Waals surface area contributed by atoms with Crippen LogP contribution in [0.2, 0.25) is 5.02 Å². The first-order valence-corrected chi connectivity index (χ1v) is 7.00. The van der Waals surface area contributed by atoms with Crippen LogP contribution in [0.3, 0.4) is 0 Å². The highest BCUT2D eigenvalue weighted by Gasteiger charge is 2.38. The summed E-state index contributed by atoms with van der Waals surface area (Å²) in [6, 6.07) is 1.05. The van der Waals surface area contributed by atoms with Crippen molar-refractivity contribution < 1.29 is 35.8 Å². The van der Waals surface area contributed by atoms with Crippen molar-refractivity contribution in [3.63, 3.8) is 0 Å². The fourth-order valence-electron chi connectivity index (χ4n) is 2.03. The van der Waals surface area contributed by atoms with Crippen molar-refractivity contribution >= 4 is 11.6 Å². The summed E-state index contributed by atoms with van der Waals surface area (Å²) in [7, 11) is 0. The lowest BCUT2D eigenvalue weighted by atomic mass is 9.94. The van der Waals surface area contributed by atoms with Gasteiger partial charge in [0, 0.05) is 0 Å². The van der Waals surface area contributed by atoms with E-state index in [0.29, 0.717) is 12.1 Å². The molecule has 1 rings (SSSR count). The van der Waals surface area contributed by atoms with E-state index < -0.39 is 47.2 Å². The fourth-order valence-corrected chi connectivity index (χ4v) is 2.27. The lowest BCUT2D eigenvalue weighted by Gasteiger charge is -2.19. The predicted molar refractivity (Wildman–Crippen MR) is 70.6 cm³/mol. The Balaban J connectivity index is 2.80. The Hall–Kier alpha value is -1.02. The number of aryl methyl sites for hydroxylation is 1. The second-order valence-electron chi connectivity index (χ2n) is 5.37. The fraction of sp³-hybridized carbons (Fsp3) is 0.571. The van der Waals surface area contributed by atoms with Crippen LogP contribution in [0.5, 0.6) is 0 Å². The van der Waals surface area contributed by atoms with Crippen LogP contribution in [0.4, 0.5) is 30.7 Å². The van der Waals surface area contributed by atoms with Crippen LogP contribution in [0, 0.1) is 11.7 Å². The van der Waals surface area contributed by atoms with Gasteiger partial charge in [-0.25, -0.2) is 4.39 Å². The number of halogens is 8. The molecule has 2 atom stereocenters. The number of hydrogen-bond acceptors (Lipinski definition) is 1. The Kier molecular flexibility index (Phi) is 6.32. The van der Waals surface area contributed by atoms with Gasteiger partial charge in [0.25, 0.3) is 0 Å². The molecule has 0 saturated heterocycles. The average Bonchev–Trinajstić information content (AvgIpc) is 2.37. The molecule has 1 aromatic rings. The first kappa shape index (κ1) is 20.0. The van der Waals surface area contributed by atoms with Gasteiger partial charge < -0.3 is 5.11 Å². The minimum atomic E-state index is -4.76. The maximum absolute atomic E-state index is 13.7. The quantitative estimate of drug-likeness (QED) is 0.694. The van der Waals surface area contributed by atoms with E-state index in [2.05, 4.69) is 0 Å². The van der Waals surface area contributed by atoms with Crippen molar-refractivity contribution in [2.45, 2.75) is 44.6 Å². The van der Waals surface area contributed by atoms with Crippen LogP contribution >= 0.6 is 11.6 Å². The summed E-state index contributed by atoms with van der Waals surface area (Å²) in [6.07, 6.45) is -12.9. The highest BCUT2D eigenvalue weighted by atomic mass is 35.5. The summed E-state index contributed by atoms with van der Waals surface area (Å²) in [6.45, 7) is 1.39. The summed E-state index contributed by atoms with van der Waals surface area (Å²) >= 11 is 5.42. The summed E-state index contributed by atoms with van der Waals surface area (Å²) in [5, 5.41) is 8.24. The highest BCUT2D eigenvalue weighted by Crippen LogP contribution is 2.34. The van der Waals surface area contributed by atoms with Gasteiger partial charge in [-0.2, -0.15) is 26.3 Å². The first-order valence-electron chi connectivity index (χ1n) is 6.62. The van der Waals surface area contributed by atoms with Crippen LogP contribution in [0.15, 0.2) is 12.1 Å². The van der Waals surface area contributed by atoms with Crippen molar-refractivity contribution in [1.29, 1.82) is 0 Å². The molecule has 1 nitrogen and oxygen atoms in total. The van der Waals surface area contributed by atoms with E-state index in [1.165, 1.54) is 6.92 Å². The first-order chi connectivity index (χ1) is 10.3. The van der Waals surface area contributed by atoms with Crippen molar-refractivity contribution in [3.8, 4) is 0 Å². The highest BCUT2D eigenvalue weighted by molar-refractivity contribution is 6.30. The SMILES string of the molecule is CC(CCc1cc(C(F)(F)F)cc(Cl)c1F)CC(O)C(F)(F)F. The topological polar surface area (TPSA) is 20.2 Å². The van der Waals surface area contributed by atoms with E-state index in [4.69, 9.17) is 16.7 Å². The van der Waals surface area contributed by atoms with E-state index >= 15 is 0 Å². The van der Waals surface area contributed by atoms with Gasteiger partial charge in [0.1, 0.15) is 11.9 Å². The standard InChI is InChI=1S/C14H14ClF7O/c1-7(4-11(23)14(20,21)22)2-3-8-5-9(13(17,18)19)6-10(15)12(8)16/h5-7,11,23H,2-4H2,1H3. The number of alkyl halides is 6. The van der Waals surface area contributed by atoms with Gasteiger partial charge in [0.2, 0.25) is 0 Å². The number of benzene rings is 1. The molecule has 9 heteroatoms. The maximum Gasteiger partial charge on any atom is 0.416 e. The summed E-state index contributed by atoms with van der Waals surface area (Å²) in [5.41, 5.74) is -1.44. The molecular weight excluding hydrogens is 353 g/mol. The van der Waals surface area contributed by atoms with Crippen LogP contribution in [0.25, 0.3) is 0 Å². The van der Waals surface area contributed by atoms with E-state index in [0.717, 1.165) is 0 Å². The van der Waals surface area contributed by atoms with Crippen LogP contribution in [-0.4, -0.2) is 17.4 Å². The van der Waals surface area contributed by atoms with Gasteiger partial charge >= 0.3 is 12.4 Å². The second kappa shape index (κ2) is 7.25. The molecule has 0 aliphatic rings. The van der Waals surface area contributed by atoms with Crippen LogP contribution < -0.4 is 0 Å². The number of hydrogen-bond donors (Lipinski definition) is 1. The maximum atomic E-state index is 13.7. The van der Waals surface area contributed by atoms with Crippen molar-refractivity contribution in [2.24, 2.45) is 5.92 Å². The Morgan fingerprint density at radius 2 is 1.70 bits per heavy atom. The number of rotatable bonds is 5. The monoisotopic (exact) mass is 366 g/mol. The van der Waals surface area contributed by atoms with Crippen molar-refractivity contribution in [1.82, 2.24) is 0 Å². The zero-order valence-electron chi connectivity index (χ0n) is 11.9. The van der Waals surface area contributed by atoms with Crippen molar-refractivity contribution in [2.75, 3.05) is 0 Å². The molecule has 1 aromatic carbocycles.